The Kier molecular flexibility index (Phi) is 10.4. The average Bonchev–Trinajstić information content (AvgIpc) is 3.49. The lowest BCUT2D eigenvalue weighted by molar-refractivity contribution is -0.144. The second-order valence-corrected chi connectivity index (χ2v) is 15.6. The van der Waals surface area contributed by atoms with Crippen molar-refractivity contribution in [3.05, 3.63) is 40.7 Å². The number of Topliss-reactive ketones (excluding diaryl/α,β-unsaturated/α-hetero) is 1. The van der Waals surface area contributed by atoms with Gasteiger partial charge in [0.2, 0.25) is 17.6 Å². The van der Waals surface area contributed by atoms with Crippen LogP contribution in [0.5, 0.6) is 0 Å². The predicted octanol–water partition coefficient (Wildman–Crippen LogP) is 1.94. The Bertz CT molecular complexity index is 1570. The number of imide groups is 1. The van der Waals surface area contributed by atoms with Crippen molar-refractivity contribution in [3.63, 3.8) is 0 Å². The Hall–Kier alpha value is -4.62. The van der Waals surface area contributed by atoms with Gasteiger partial charge in [-0.1, -0.05) is 66.0 Å². The summed E-state index contributed by atoms with van der Waals surface area (Å²) in [5, 5.41) is 8.39. The minimum atomic E-state index is -1.15. The van der Waals surface area contributed by atoms with Crippen LogP contribution in [-0.4, -0.2) is 93.4 Å². The van der Waals surface area contributed by atoms with Crippen LogP contribution in [-0.2, 0) is 19.2 Å². The van der Waals surface area contributed by atoms with Gasteiger partial charge in [0.05, 0.1) is 29.8 Å². The summed E-state index contributed by atoms with van der Waals surface area (Å²) in [6, 6.07) is -3.05. The fourth-order valence-corrected chi connectivity index (χ4v) is 6.85. The molecule has 2 aliphatic heterocycles. The SMILES string of the molecule is CCCC(NC(=O)[C@@H]1[C@H]2C(=C(C)C)[C@H]2CN1C(=O)[C@@H](NC(=O)N[C@H](CN1C(=O)c2ccncc2C1=O)C(C)(C)C)C(C)(C)C)C(=O)C(N)=O. The average molecular weight is 680 g/mol. The largest absolute Gasteiger partial charge is 0.363 e. The van der Waals surface area contributed by atoms with Crippen molar-refractivity contribution >= 4 is 41.4 Å². The monoisotopic (exact) mass is 679 g/mol. The summed E-state index contributed by atoms with van der Waals surface area (Å²) < 4.78 is 0. The quantitative estimate of drug-likeness (QED) is 0.154. The highest BCUT2D eigenvalue weighted by Crippen LogP contribution is 2.56. The molecule has 0 radical (unpaired) electrons. The Labute approximate surface area is 287 Å². The standard InChI is InChI=1S/C35H49N7O7/c1-10-11-21(26(43)28(36)44)38-29(45)25-24-20(23(24)17(2)3)15-41(25)32(48)27(35(7,8)9)40-33(49)39-22(34(4,5)6)16-42-30(46)18-12-13-37-14-19(18)31(42)47/h12-14,20-22,24-25,27H,10-11,15-16H2,1-9H3,(H2,36,44)(H,38,45)(H2,39,40,49)/t20-,21?,22-,24-,25+,27-/m1/s1. The first kappa shape index (κ1) is 37.2. The van der Waals surface area contributed by atoms with Crippen LogP contribution < -0.4 is 21.7 Å². The van der Waals surface area contributed by atoms with E-state index < -0.39 is 76.3 Å². The maximum Gasteiger partial charge on any atom is 0.315 e. The van der Waals surface area contributed by atoms with Crippen LogP contribution >= 0.6 is 0 Å². The molecule has 3 heterocycles. The van der Waals surface area contributed by atoms with Crippen molar-refractivity contribution in [2.75, 3.05) is 13.1 Å². The molecule has 1 aromatic rings. The number of nitrogens with two attached hydrogens (primary N) is 1. The first-order valence-corrected chi connectivity index (χ1v) is 16.7. The molecule has 14 nitrogen and oxygen atoms in total. The molecule has 49 heavy (non-hydrogen) atoms. The van der Waals surface area contributed by atoms with E-state index in [0.29, 0.717) is 6.42 Å². The highest BCUT2D eigenvalue weighted by molar-refractivity contribution is 6.37. The molecule has 1 saturated carbocycles. The second-order valence-electron chi connectivity index (χ2n) is 15.6. The molecule has 0 aromatic carbocycles. The molecular formula is C35H49N7O7. The summed E-state index contributed by atoms with van der Waals surface area (Å²) in [6.45, 7) is 16.8. The molecular weight excluding hydrogens is 630 g/mol. The van der Waals surface area contributed by atoms with Gasteiger partial charge in [0.25, 0.3) is 17.7 Å². The van der Waals surface area contributed by atoms with E-state index in [0.717, 1.165) is 16.0 Å². The number of nitrogens with zero attached hydrogens (tertiary/aromatic N) is 3. The molecule has 1 saturated heterocycles. The second kappa shape index (κ2) is 13.7. The van der Waals surface area contributed by atoms with Gasteiger partial charge in [0.15, 0.2) is 0 Å². The number of likely N-dealkylation sites (tertiary alicyclic amines) is 1. The number of carbonyl (C=O) groups is 7. The minimum absolute atomic E-state index is 0.0456. The number of urea groups is 1. The number of hydrogen-bond acceptors (Lipinski definition) is 8. The Morgan fingerprint density at radius 3 is 2.12 bits per heavy atom. The third-order valence-corrected chi connectivity index (χ3v) is 9.61. The number of amides is 7. The first-order valence-electron chi connectivity index (χ1n) is 16.7. The zero-order chi connectivity index (χ0) is 36.7. The number of piperidine rings is 1. The van der Waals surface area contributed by atoms with E-state index in [4.69, 9.17) is 5.73 Å². The number of primary amides is 1. The summed E-state index contributed by atoms with van der Waals surface area (Å²) in [4.78, 5) is 98.7. The van der Waals surface area contributed by atoms with E-state index in [-0.39, 0.29) is 42.5 Å². The fraction of sp³-hybridized carbons (Fsp3) is 0.600. The van der Waals surface area contributed by atoms with Gasteiger partial charge in [-0.25, -0.2) is 4.79 Å². The number of fused-ring (bicyclic) bond motifs is 2. The van der Waals surface area contributed by atoms with Gasteiger partial charge in [-0.05, 0) is 37.2 Å². The number of carbonyl (C=O) groups excluding carboxylic acids is 7. The highest BCUT2D eigenvalue weighted by atomic mass is 16.2. The van der Waals surface area contributed by atoms with Crippen LogP contribution in [0.25, 0.3) is 0 Å². The smallest absolute Gasteiger partial charge is 0.315 e. The molecule has 266 valence electrons. The van der Waals surface area contributed by atoms with Crippen LogP contribution in [0.1, 0.15) is 95.9 Å². The number of nitrogens with one attached hydrogen (secondary N) is 3. The maximum atomic E-state index is 14.4. The summed E-state index contributed by atoms with van der Waals surface area (Å²) in [5.74, 6) is -4.37. The van der Waals surface area contributed by atoms with Gasteiger partial charge >= 0.3 is 6.03 Å². The minimum Gasteiger partial charge on any atom is -0.363 e. The maximum absolute atomic E-state index is 14.4. The molecule has 6 atom stereocenters. The molecule has 1 aliphatic carbocycles. The number of pyridine rings is 1. The van der Waals surface area contributed by atoms with Crippen molar-refractivity contribution in [2.24, 2.45) is 28.4 Å². The molecule has 0 bridgehead atoms. The lowest BCUT2D eigenvalue weighted by Crippen LogP contribution is -2.62. The third kappa shape index (κ3) is 7.52. The van der Waals surface area contributed by atoms with E-state index in [1.54, 1.807) is 20.8 Å². The van der Waals surface area contributed by atoms with Crippen molar-refractivity contribution in [2.45, 2.75) is 99.3 Å². The van der Waals surface area contributed by atoms with Crippen molar-refractivity contribution in [1.29, 1.82) is 0 Å². The zero-order valence-corrected chi connectivity index (χ0v) is 29.8. The van der Waals surface area contributed by atoms with E-state index in [9.17, 15) is 33.6 Å². The molecule has 3 aliphatic rings. The fourth-order valence-electron chi connectivity index (χ4n) is 6.85. The number of aromatic nitrogens is 1. The number of ketones is 1. The highest BCUT2D eigenvalue weighted by Gasteiger charge is 2.62. The lowest BCUT2D eigenvalue weighted by Gasteiger charge is -2.38. The Morgan fingerprint density at radius 2 is 1.59 bits per heavy atom. The van der Waals surface area contributed by atoms with Gasteiger partial charge in [-0.15, -0.1) is 0 Å². The van der Waals surface area contributed by atoms with Crippen molar-refractivity contribution in [1.82, 2.24) is 30.7 Å². The zero-order valence-electron chi connectivity index (χ0n) is 29.8. The molecule has 5 N–H and O–H groups in total. The van der Waals surface area contributed by atoms with Crippen LogP contribution in [0.4, 0.5) is 4.79 Å². The lowest BCUT2D eigenvalue weighted by atomic mass is 9.85. The molecule has 0 spiro atoms. The Balaban J connectivity index is 1.55. The van der Waals surface area contributed by atoms with Crippen LogP contribution in [0.15, 0.2) is 29.6 Å². The van der Waals surface area contributed by atoms with Gasteiger partial charge in [0, 0.05) is 30.8 Å². The van der Waals surface area contributed by atoms with E-state index in [1.807, 2.05) is 41.5 Å². The molecule has 14 heteroatoms. The van der Waals surface area contributed by atoms with Crippen LogP contribution in [0, 0.1) is 22.7 Å². The van der Waals surface area contributed by atoms with E-state index >= 15 is 0 Å². The molecule has 1 aromatic heterocycles. The van der Waals surface area contributed by atoms with E-state index in [1.165, 1.54) is 23.4 Å². The van der Waals surface area contributed by atoms with Crippen LogP contribution in [0.3, 0.4) is 0 Å². The summed E-state index contributed by atoms with van der Waals surface area (Å²) in [5.41, 5.74) is 6.40. The third-order valence-electron chi connectivity index (χ3n) is 9.61. The topological polar surface area (TPSA) is 201 Å². The molecule has 4 rings (SSSR count). The number of allylic oxidation sites excluding steroid dienone is 1. The Morgan fingerprint density at radius 1 is 0.959 bits per heavy atom. The van der Waals surface area contributed by atoms with Gasteiger partial charge in [0.1, 0.15) is 12.1 Å². The first-order chi connectivity index (χ1) is 22.7. The predicted molar refractivity (Wildman–Crippen MR) is 180 cm³/mol. The van der Waals surface area contributed by atoms with Gasteiger partial charge < -0.3 is 26.6 Å². The summed E-state index contributed by atoms with van der Waals surface area (Å²) in [7, 11) is 0. The molecule has 1 unspecified atom stereocenters. The number of rotatable bonds is 11. The molecule has 2 fully saturated rings. The van der Waals surface area contributed by atoms with Crippen LogP contribution in [0.2, 0.25) is 0 Å². The van der Waals surface area contributed by atoms with Crippen molar-refractivity contribution in [3.8, 4) is 0 Å². The van der Waals surface area contributed by atoms with E-state index in [2.05, 4.69) is 20.9 Å². The molecule has 7 amide bonds. The number of hydrogen-bond donors (Lipinski definition) is 4. The summed E-state index contributed by atoms with van der Waals surface area (Å²) >= 11 is 0. The summed E-state index contributed by atoms with van der Waals surface area (Å²) in [6.07, 6.45) is 3.49. The van der Waals surface area contributed by atoms with Gasteiger partial charge in [-0.3, -0.25) is 38.7 Å². The van der Waals surface area contributed by atoms with Gasteiger partial charge in [-0.2, -0.15) is 0 Å². The van der Waals surface area contributed by atoms with Crippen molar-refractivity contribution < 1.29 is 33.6 Å². The normalized spacial score (nSPS) is 21.7.